The van der Waals surface area contributed by atoms with Crippen LogP contribution >= 0.6 is 11.8 Å². The zero-order valence-corrected chi connectivity index (χ0v) is 11.9. The molecule has 2 rings (SSSR count). The van der Waals surface area contributed by atoms with E-state index in [4.69, 9.17) is 5.11 Å². The number of tetrazole rings is 1. The fourth-order valence-electron chi connectivity index (χ4n) is 1.58. The zero-order chi connectivity index (χ0) is 15.2. The first-order valence-corrected chi connectivity index (χ1v) is 6.86. The summed E-state index contributed by atoms with van der Waals surface area (Å²) in [6.07, 6.45) is 0. The molecule has 0 radical (unpaired) electrons. The third-order valence-electron chi connectivity index (χ3n) is 2.50. The highest BCUT2D eigenvalue weighted by atomic mass is 32.2. The van der Waals surface area contributed by atoms with E-state index in [0.717, 1.165) is 5.56 Å². The molecule has 1 heterocycles. The molecule has 0 aliphatic rings. The van der Waals surface area contributed by atoms with Crippen LogP contribution in [0.2, 0.25) is 0 Å². The molecule has 21 heavy (non-hydrogen) atoms. The molecule has 0 saturated heterocycles. The molecule has 1 aromatic carbocycles. The molecule has 0 amide bonds. The van der Waals surface area contributed by atoms with Crippen LogP contribution in [-0.2, 0) is 21.8 Å². The Morgan fingerprint density at radius 1 is 1.43 bits per heavy atom. The average molecular weight is 308 g/mol. The average Bonchev–Trinajstić information content (AvgIpc) is 2.91. The SMILES string of the molecule is COC(=O)c1cccc(CSc2nnnn2CC(=O)O)c1. The van der Waals surface area contributed by atoms with Gasteiger partial charge in [0.15, 0.2) is 0 Å². The molecule has 0 saturated carbocycles. The molecule has 0 atom stereocenters. The first-order chi connectivity index (χ1) is 10.1. The molecule has 0 aliphatic heterocycles. The number of ether oxygens (including phenoxy) is 1. The Kier molecular flexibility index (Phi) is 4.88. The summed E-state index contributed by atoms with van der Waals surface area (Å²) in [5, 5.41) is 20.0. The number of thioether (sulfide) groups is 1. The number of carboxylic acid groups (broad SMARTS) is 1. The molecule has 0 spiro atoms. The molecule has 0 unspecified atom stereocenters. The zero-order valence-electron chi connectivity index (χ0n) is 11.1. The quantitative estimate of drug-likeness (QED) is 0.618. The van der Waals surface area contributed by atoms with Gasteiger partial charge in [-0.1, -0.05) is 23.9 Å². The Bertz CT molecular complexity index is 658. The summed E-state index contributed by atoms with van der Waals surface area (Å²) in [6, 6.07) is 6.98. The van der Waals surface area contributed by atoms with Crippen molar-refractivity contribution in [2.75, 3.05) is 7.11 Å². The Morgan fingerprint density at radius 2 is 2.24 bits per heavy atom. The number of aliphatic carboxylic acids is 1. The number of benzene rings is 1. The van der Waals surface area contributed by atoms with Crippen LogP contribution < -0.4 is 0 Å². The van der Waals surface area contributed by atoms with Gasteiger partial charge >= 0.3 is 11.9 Å². The molecular formula is C12H12N4O4S. The van der Waals surface area contributed by atoms with Crippen molar-refractivity contribution in [2.24, 2.45) is 0 Å². The molecule has 8 nitrogen and oxygen atoms in total. The Labute approximate surface area is 124 Å². The van der Waals surface area contributed by atoms with Gasteiger partial charge in [0.25, 0.3) is 0 Å². The minimum atomic E-state index is -1.02. The van der Waals surface area contributed by atoms with E-state index in [1.807, 2.05) is 6.07 Å². The van der Waals surface area contributed by atoms with E-state index in [1.165, 1.54) is 23.6 Å². The van der Waals surface area contributed by atoms with Crippen molar-refractivity contribution in [1.29, 1.82) is 0 Å². The molecule has 2 aromatic rings. The van der Waals surface area contributed by atoms with E-state index in [-0.39, 0.29) is 6.54 Å². The maximum atomic E-state index is 11.4. The smallest absolute Gasteiger partial charge is 0.337 e. The second-order valence-electron chi connectivity index (χ2n) is 3.99. The molecule has 110 valence electrons. The summed E-state index contributed by atoms with van der Waals surface area (Å²) in [5.41, 5.74) is 1.34. The second-order valence-corrected chi connectivity index (χ2v) is 4.94. The van der Waals surface area contributed by atoms with Crippen LogP contribution in [0.15, 0.2) is 29.4 Å². The molecular weight excluding hydrogens is 296 g/mol. The van der Waals surface area contributed by atoms with Crippen LogP contribution in [0.25, 0.3) is 0 Å². The highest BCUT2D eigenvalue weighted by Crippen LogP contribution is 2.20. The van der Waals surface area contributed by atoms with Gasteiger partial charge < -0.3 is 9.84 Å². The topological polar surface area (TPSA) is 107 Å². The molecule has 0 bridgehead atoms. The van der Waals surface area contributed by atoms with Crippen LogP contribution in [-0.4, -0.2) is 44.4 Å². The fraction of sp³-hybridized carbons (Fsp3) is 0.250. The fourth-order valence-corrected chi connectivity index (χ4v) is 2.40. The Balaban J connectivity index is 2.05. The van der Waals surface area contributed by atoms with Crippen molar-refractivity contribution >= 4 is 23.7 Å². The normalized spacial score (nSPS) is 10.3. The molecule has 1 aromatic heterocycles. The summed E-state index contributed by atoms with van der Waals surface area (Å²) in [5.74, 6) is -0.917. The van der Waals surface area contributed by atoms with Crippen molar-refractivity contribution in [2.45, 2.75) is 17.5 Å². The predicted molar refractivity (Wildman–Crippen MR) is 72.8 cm³/mol. The lowest BCUT2D eigenvalue weighted by Gasteiger charge is -2.04. The van der Waals surface area contributed by atoms with Crippen molar-refractivity contribution in [1.82, 2.24) is 20.2 Å². The second kappa shape index (κ2) is 6.84. The molecule has 0 aliphatic carbocycles. The third-order valence-corrected chi connectivity index (χ3v) is 3.53. The number of hydrogen-bond donors (Lipinski definition) is 1. The lowest BCUT2D eigenvalue weighted by Crippen LogP contribution is -2.11. The van der Waals surface area contributed by atoms with E-state index in [2.05, 4.69) is 20.3 Å². The highest BCUT2D eigenvalue weighted by molar-refractivity contribution is 7.98. The summed E-state index contributed by atoms with van der Waals surface area (Å²) >= 11 is 1.29. The lowest BCUT2D eigenvalue weighted by molar-refractivity contribution is -0.138. The van der Waals surface area contributed by atoms with Gasteiger partial charge in [0.05, 0.1) is 12.7 Å². The van der Waals surface area contributed by atoms with Gasteiger partial charge in [-0.15, -0.1) is 5.10 Å². The van der Waals surface area contributed by atoms with Gasteiger partial charge in [0.1, 0.15) is 6.54 Å². The highest BCUT2D eigenvalue weighted by Gasteiger charge is 2.11. The van der Waals surface area contributed by atoms with E-state index in [9.17, 15) is 9.59 Å². The van der Waals surface area contributed by atoms with Gasteiger partial charge in [0.2, 0.25) is 5.16 Å². The number of hydrogen-bond acceptors (Lipinski definition) is 7. The van der Waals surface area contributed by atoms with Crippen LogP contribution in [0.5, 0.6) is 0 Å². The number of carboxylic acids is 1. The number of carbonyl (C=O) groups is 2. The Hall–Kier alpha value is -2.42. The Morgan fingerprint density at radius 3 is 2.95 bits per heavy atom. The number of nitrogens with zero attached hydrogens (tertiary/aromatic N) is 4. The number of carbonyl (C=O) groups excluding carboxylic acids is 1. The van der Waals surface area contributed by atoms with Crippen molar-refractivity contribution in [3.8, 4) is 0 Å². The first-order valence-electron chi connectivity index (χ1n) is 5.88. The van der Waals surface area contributed by atoms with Crippen LogP contribution in [0.3, 0.4) is 0 Å². The molecule has 0 fully saturated rings. The minimum absolute atomic E-state index is 0.294. The maximum Gasteiger partial charge on any atom is 0.337 e. The maximum absolute atomic E-state index is 11.4. The van der Waals surface area contributed by atoms with Gasteiger partial charge in [0, 0.05) is 5.75 Å². The first kappa shape index (κ1) is 15.0. The van der Waals surface area contributed by atoms with E-state index in [0.29, 0.717) is 16.5 Å². The minimum Gasteiger partial charge on any atom is -0.480 e. The summed E-state index contributed by atoms with van der Waals surface area (Å²) in [4.78, 5) is 22.1. The van der Waals surface area contributed by atoms with E-state index in [1.54, 1.807) is 18.2 Å². The number of rotatable bonds is 6. The van der Waals surface area contributed by atoms with Crippen LogP contribution in [0.4, 0.5) is 0 Å². The number of esters is 1. The summed E-state index contributed by atoms with van der Waals surface area (Å²) < 4.78 is 5.86. The largest absolute Gasteiger partial charge is 0.480 e. The summed E-state index contributed by atoms with van der Waals surface area (Å²) in [6.45, 7) is -0.294. The molecule has 1 N–H and O–H groups in total. The standard InChI is InChI=1S/C12H12N4O4S/c1-20-11(19)9-4-2-3-8(5-9)7-21-12-13-14-15-16(12)6-10(17)18/h2-5H,6-7H2,1H3,(H,17,18). The van der Waals surface area contributed by atoms with Gasteiger partial charge in [-0.2, -0.15) is 0 Å². The number of aromatic nitrogens is 4. The summed E-state index contributed by atoms with van der Waals surface area (Å²) in [7, 11) is 1.32. The van der Waals surface area contributed by atoms with Crippen molar-refractivity contribution in [3.63, 3.8) is 0 Å². The predicted octanol–water partition coefficient (Wildman–Crippen LogP) is 0.837. The monoisotopic (exact) mass is 308 g/mol. The van der Waals surface area contributed by atoms with Gasteiger partial charge in [-0.3, -0.25) is 4.79 Å². The third kappa shape index (κ3) is 4.02. The van der Waals surface area contributed by atoms with E-state index >= 15 is 0 Å². The van der Waals surface area contributed by atoms with E-state index < -0.39 is 11.9 Å². The van der Waals surface area contributed by atoms with Crippen LogP contribution in [0.1, 0.15) is 15.9 Å². The van der Waals surface area contributed by atoms with Crippen molar-refractivity contribution in [3.05, 3.63) is 35.4 Å². The molecule has 9 heteroatoms. The number of methoxy groups -OCH3 is 1. The lowest BCUT2D eigenvalue weighted by atomic mass is 10.1. The van der Waals surface area contributed by atoms with Gasteiger partial charge in [-0.25, -0.2) is 9.48 Å². The van der Waals surface area contributed by atoms with Crippen LogP contribution in [0, 0.1) is 0 Å². The van der Waals surface area contributed by atoms with Crippen molar-refractivity contribution < 1.29 is 19.4 Å². The van der Waals surface area contributed by atoms with Gasteiger partial charge in [-0.05, 0) is 28.1 Å².